The fourth-order valence-electron chi connectivity index (χ4n) is 1.39. The van der Waals surface area contributed by atoms with E-state index in [0.717, 1.165) is 11.6 Å². The first-order chi connectivity index (χ1) is 9.36. The highest BCUT2D eigenvalue weighted by atomic mass is 32.2. The van der Waals surface area contributed by atoms with Crippen LogP contribution < -0.4 is 9.46 Å². The van der Waals surface area contributed by atoms with Crippen molar-refractivity contribution in [3.8, 4) is 5.75 Å². The van der Waals surface area contributed by atoms with E-state index in [1.54, 1.807) is 0 Å². The molecule has 0 atom stereocenters. The number of rotatable bonds is 8. The van der Waals surface area contributed by atoms with Crippen LogP contribution in [0, 0.1) is 5.82 Å². The topological polar surface area (TPSA) is 64.6 Å². The first kappa shape index (κ1) is 16.6. The van der Waals surface area contributed by atoms with Crippen molar-refractivity contribution in [2.45, 2.75) is 11.8 Å². The number of nitrogens with one attached hydrogen (secondary N) is 1. The summed E-state index contributed by atoms with van der Waals surface area (Å²) in [5.41, 5.74) is 0.852. The molecule has 0 aromatic heterocycles. The van der Waals surface area contributed by atoms with Crippen molar-refractivity contribution >= 4 is 10.0 Å². The maximum atomic E-state index is 13.5. The number of halogens is 1. The lowest BCUT2D eigenvalue weighted by Gasteiger charge is -2.09. The van der Waals surface area contributed by atoms with Crippen LogP contribution in [-0.2, 0) is 14.8 Å². The van der Waals surface area contributed by atoms with Crippen molar-refractivity contribution < 1.29 is 22.3 Å². The highest BCUT2D eigenvalue weighted by molar-refractivity contribution is 7.89. The highest BCUT2D eigenvalue weighted by Crippen LogP contribution is 2.20. The van der Waals surface area contributed by atoms with Crippen LogP contribution in [0.25, 0.3) is 0 Å². The van der Waals surface area contributed by atoms with Crippen LogP contribution in [0.5, 0.6) is 5.75 Å². The third kappa shape index (κ3) is 4.92. The van der Waals surface area contributed by atoms with Crippen LogP contribution in [0.3, 0.4) is 0 Å². The van der Waals surface area contributed by atoms with Crippen molar-refractivity contribution in [3.05, 3.63) is 36.2 Å². The molecule has 20 heavy (non-hydrogen) atoms. The van der Waals surface area contributed by atoms with Gasteiger partial charge in [0.1, 0.15) is 0 Å². The summed E-state index contributed by atoms with van der Waals surface area (Å²) in [6, 6.07) is 3.45. The summed E-state index contributed by atoms with van der Waals surface area (Å²) in [7, 11) is -2.45. The smallest absolute Gasteiger partial charge is 0.240 e. The van der Waals surface area contributed by atoms with Gasteiger partial charge in [-0.25, -0.2) is 17.5 Å². The Morgan fingerprint density at radius 2 is 2.15 bits per heavy atom. The zero-order valence-electron chi connectivity index (χ0n) is 11.5. The summed E-state index contributed by atoms with van der Waals surface area (Å²) in [5, 5.41) is 0. The molecule has 1 aromatic carbocycles. The Kier molecular flexibility index (Phi) is 6.12. The maximum absolute atomic E-state index is 13.5. The predicted molar refractivity (Wildman–Crippen MR) is 73.8 cm³/mol. The summed E-state index contributed by atoms with van der Waals surface area (Å²) in [6.07, 6.45) is 0. The average Bonchev–Trinajstić information content (AvgIpc) is 2.37. The largest absolute Gasteiger partial charge is 0.494 e. The van der Waals surface area contributed by atoms with Crippen molar-refractivity contribution in [2.24, 2.45) is 0 Å². The van der Waals surface area contributed by atoms with Gasteiger partial charge >= 0.3 is 0 Å². The number of sulfonamides is 1. The highest BCUT2D eigenvalue weighted by Gasteiger charge is 2.16. The van der Waals surface area contributed by atoms with Gasteiger partial charge < -0.3 is 9.47 Å². The maximum Gasteiger partial charge on any atom is 0.240 e. The van der Waals surface area contributed by atoms with E-state index in [0.29, 0.717) is 6.61 Å². The van der Waals surface area contributed by atoms with Crippen molar-refractivity contribution in [1.82, 2.24) is 4.72 Å². The molecule has 5 nitrogen and oxygen atoms in total. The summed E-state index contributed by atoms with van der Waals surface area (Å²) in [6.45, 7) is 6.16. The van der Waals surface area contributed by atoms with E-state index in [9.17, 15) is 12.8 Å². The number of ether oxygens (including phenoxy) is 2. The van der Waals surface area contributed by atoms with Gasteiger partial charge in [0.05, 0.1) is 25.2 Å². The first-order valence-corrected chi connectivity index (χ1v) is 7.40. The quantitative estimate of drug-likeness (QED) is 0.586. The van der Waals surface area contributed by atoms with Gasteiger partial charge in [-0.2, -0.15) is 0 Å². The Hall–Kier alpha value is -1.44. The third-order valence-electron chi connectivity index (χ3n) is 2.32. The van der Waals surface area contributed by atoms with E-state index in [2.05, 4.69) is 11.3 Å². The van der Waals surface area contributed by atoms with Gasteiger partial charge in [0.25, 0.3) is 0 Å². The number of benzene rings is 1. The molecule has 0 unspecified atom stereocenters. The molecular formula is C13H18FNO4S. The number of methoxy groups -OCH3 is 1. The molecule has 0 saturated carbocycles. The fourth-order valence-corrected chi connectivity index (χ4v) is 2.42. The minimum atomic E-state index is -3.76. The van der Waals surface area contributed by atoms with E-state index >= 15 is 0 Å². The average molecular weight is 303 g/mol. The van der Waals surface area contributed by atoms with Gasteiger partial charge in [0.15, 0.2) is 11.6 Å². The molecule has 112 valence electrons. The van der Waals surface area contributed by atoms with E-state index < -0.39 is 15.8 Å². The molecule has 1 aromatic rings. The molecule has 0 fully saturated rings. The molecule has 0 aliphatic rings. The lowest BCUT2D eigenvalue weighted by Crippen LogP contribution is -2.27. The molecule has 0 bridgehead atoms. The van der Waals surface area contributed by atoms with E-state index in [4.69, 9.17) is 9.47 Å². The summed E-state index contributed by atoms with van der Waals surface area (Å²) < 4.78 is 49.5. The molecule has 1 N–H and O–H groups in total. The molecule has 0 saturated heterocycles. The Morgan fingerprint density at radius 1 is 1.45 bits per heavy atom. The van der Waals surface area contributed by atoms with Crippen LogP contribution in [0.15, 0.2) is 35.2 Å². The zero-order valence-corrected chi connectivity index (χ0v) is 12.3. The van der Waals surface area contributed by atoms with Gasteiger partial charge in [-0.05, 0) is 25.1 Å². The second-order valence-corrected chi connectivity index (χ2v) is 5.97. The van der Waals surface area contributed by atoms with Crippen molar-refractivity contribution in [2.75, 3.05) is 26.9 Å². The Labute approximate surface area is 118 Å². The molecule has 0 aliphatic carbocycles. The van der Waals surface area contributed by atoms with E-state index in [-0.39, 0.29) is 23.8 Å². The second kappa shape index (κ2) is 7.37. The lowest BCUT2D eigenvalue weighted by atomic mass is 10.3. The van der Waals surface area contributed by atoms with Gasteiger partial charge in [-0.1, -0.05) is 12.2 Å². The Balaban J connectivity index is 2.60. The monoisotopic (exact) mass is 303 g/mol. The molecule has 0 heterocycles. The van der Waals surface area contributed by atoms with Crippen LogP contribution in [-0.4, -0.2) is 35.3 Å². The van der Waals surface area contributed by atoms with Crippen molar-refractivity contribution in [1.29, 1.82) is 0 Å². The normalized spacial score (nSPS) is 11.3. The minimum absolute atomic E-state index is 0.00579. The van der Waals surface area contributed by atoms with E-state index in [1.165, 1.54) is 19.2 Å². The standard InChI is InChI=1S/C13H18FNO4S/c1-10(2)9-19-7-6-15-20(16,17)11-4-5-13(18-3)12(14)8-11/h4-5,8,15H,1,6-7,9H2,2-3H3. The molecule has 0 amide bonds. The molecule has 0 radical (unpaired) electrons. The Bertz CT molecular complexity index is 572. The SMILES string of the molecule is C=C(C)COCCNS(=O)(=O)c1ccc(OC)c(F)c1. The number of hydrogen-bond acceptors (Lipinski definition) is 4. The molecule has 7 heteroatoms. The molecule has 1 rings (SSSR count). The molecule has 0 aliphatic heterocycles. The summed E-state index contributed by atoms with van der Waals surface area (Å²) in [4.78, 5) is -0.157. The van der Waals surface area contributed by atoms with Crippen LogP contribution in [0.4, 0.5) is 4.39 Å². The Morgan fingerprint density at radius 3 is 2.70 bits per heavy atom. The van der Waals surface area contributed by atoms with E-state index in [1.807, 2.05) is 6.92 Å². The zero-order chi connectivity index (χ0) is 15.2. The minimum Gasteiger partial charge on any atom is -0.494 e. The first-order valence-electron chi connectivity index (χ1n) is 5.92. The van der Waals surface area contributed by atoms with Crippen LogP contribution in [0.1, 0.15) is 6.92 Å². The predicted octanol–water partition coefficient (Wildman–Crippen LogP) is 1.71. The van der Waals surface area contributed by atoms with Gasteiger partial charge in [-0.15, -0.1) is 0 Å². The summed E-state index contributed by atoms with van der Waals surface area (Å²) >= 11 is 0. The fraction of sp³-hybridized carbons (Fsp3) is 0.385. The molecular weight excluding hydrogens is 285 g/mol. The third-order valence-corrected chi connectivity index (χ3v) is 3.78. The van der Waals surface area contributed by atoms with Gasteiger partial charge in [-0.3, -0.25) is 0 Å². The lowest BCUT2D eigenvalue weighted by molar-refractivity contribution is 0.162. The number of hydrogen-bond donors (Lipinski definition) is 1. The summed E-state index contributed by atoms with van der Waals surface area (Å²) in [5.74, 6) is -0.734. The molecule has 0 spiro atoms. The van der Waals surface area contributed by atoms with Crippen LogP contribution in [0.2, 0.25) is 0 Å². The second-order valence-electron chi connectivity index (χ2n) is 4.20. The van der Waals surface area contributed by atoms with Crippen LogP contribution >= 0.6 is 0 Å². The van der Waals surface area contributed by atoms with Crippen molar-refractivity contribution in [3.63, 3.8) is 0 Å². The van der Waals surface area contributed by atoms with Gasteiger partial charge in [0.2, 0.25) is 10.0 Å². The van der Waals surface area contributed by atoms with Gasteiger partial charge in [0, 0.05) is 6.54 Å².